The number of ether oxygens (including phenoxy) is 2. The number of benzene rings is 2. The van der Waals surface area contributed by atoms with Crippen molar-refractivity contribution in [3.05, 3.63) is 77.7 Å². The third-order valence-electron chi connectivity index (χ3n) is 4.33. The van der Waals surface area contributed by atoms with Gasteiger partial charge >= 0.3 is 12.4 Å². The van der Waals surface area contributed by atoms with E-state index in [1.54, 1.807) is 0 Å². The first-order chi connectivity index (χ1) is 15.8. The zero-order valence-electron chi connectivity index (χ0n) is 17.2. The second-order valence-corrected chi connectivity index (χ2v) is 6.91. The smallest absolute Gasteiger partial charge is 0.417 e. The molecule has 0 saturated heterocycles. The molecule has 5 nitrogen and oxygen atoms in total. The maximum atomic E-state index is 13.9. The van der Waals surface area contributed by atoms with E-state index >= 15 is 0 Å². The largest absolute Gasteiger partial charge is 0.481 e. The van der Waals surface area contributed by atoms with Gasteiger partial charge in [-0.3, -0.25) is 4.79 Å². The molecule has 180 valence electrons. The van der Waals surface area contributed by atoms with Gasteiger partial charge in [0, 0.05) is 11.9 Å². The highest BCUT2D eigenvalue weighted by Gasteiger charge is 2.32. The van der Waals surface area contributed by atoms with Crippen molar-refractivity contribution in [1.29, 1.82) is 0 Å². The number of amides is 1. The van der Waals surface area contributed by atoms with E-state index in [1.165, 1.54) is 31.2 Å². The number of nitrogens with one attached hydrogen (secondary N) is 1. The second kappa shape index (κ2) is 9.57. The van der Waals surface area contributed by atoms with Crippen molar-refractivity contribution in [2.24, 2.45) is 0 Å². The molecule has 1 aromatic heterocycles. The van der Waals surface area contributed by atoms with Crippen LogP contribution < -0.4 is 14.8 Å². The molecular weight excluding hydrogens is 473 g/mol. The second-order valence-electron chi connectivity index (χ2n) is 6.91. The van der Waals surface area contributed by atoms with Crippen LogP contribution in [0.1, 0.15) is 18.1 Å². The fourth-order valence-corrected chi connectivity index (χ4v) is 2.60. The highest BCUT2D eigenvalue weighted by Crippen LogP contribution is 2.32. The zero-order valence-corrected chi connectivity index (χ0v) is 17.2. The predicted molar refractivity (Wildman–Crippen MR) is 106 cm³/mol. The molecule has 34 heavy (non-hydrogen) atoms. The summed E-state index contributed by atoms with van der Waals surface area (Å²) in [6.45, 7) is 1.41. The Morgan fingerprint density at radius 2 is 1.44 bits per heavy atom. The molecule has 0 saturated carbocycles. The summed E-state index contributed by atoms with van der Waals surface area (Å²) in [4.78, 5) is 15.6. The number of aromatic nitrogens is 1. The predicted octanol–water partition coefficient (Wildman–Crippen LogP) is 6.46. The van der Waals surface area contributed by atoms with Crippen LogP contribution in [-0.2, 0) is 17.1 Å². The van der Waals surface area contributed by atoms with Crippen LogP contribution in [0.2, 0.25) is 0 Å². The van der Waals surface area contributed by atoms with Gasteiger partial charge in [-0.1, -0.05) is 0 Å². The summed E-state index contributed by atoms with van der Waals surface area (Å²) in [5.74, 6) is -2.35. The van der Waals surface area contributed by atoms with Crippen LogP contribution >= 0.6 is 0 Å². The Balaban J connectivity index is 1.58. The molecule has 1 heterocycles. The Morgan fingerprint density at radius 3 is 1.97 bits per heavy atom. The maximum Gasteiger partial charge on any atom is 0.417 e. The first kappa shape index (κ1) is 24.8. The Kier molecular flexibility index (Phi) is 6.99. The quantitative estimate of drug-likeness (QED) is 0.405. The molecule has 0 spiro atoms. The van der Waals surface area contributed by atoms with Gasteiger partial charge in [0.05, 0.1) is 11.1 Å². The van der Waals surface area contributed by atoms with E-state index in [0.29, 0.717) is 6.20 Å². The van der Waals surface area contributed by atoms with E-state index in [-0.39, 0.29) is 23.3 Å². The van der Waals surface area contributed by atoms with Gasteiger partial charge in [0.25, 0.3) is 11.8 Å². The number of hydrogen-bond donors (Lipinski definition) is 1. The molecule has 2 aromatic carbocycles. The van der Waals surface area contributed by atoms with E-state index < -0.39 is 47.2 Å². The Hall–Kier alpha value is -3.83. The lowest BCUT2D eigenvalue weighted by molar-refractivity contribution is -0.138. The van der Waals surface area contributed by atoms with Crippen LogP contribution in [0.5, 0.6) is 17.4 Å². The molecule has 3 rings (SSSR count). The van der Waals surface area contributed by atoms with Crippen molar-refractivity contribution >= 4 is 11.6 Å². The average molecular weight is 488 g/mol. The van der Waals surface area contributed by atoms with Crippen molar-refractivity contribution in [2.75, 3.05) is 5.32 Å². The molecule has 1 N–H and O–H groups in total. The van der Waals surface area contributed by atoms with Gasteiger partial charge in [-0.25, -0.2) is 9.37 Å². The molecular formula is C22H15F7N2O3. The van der Waals surface area contributed by atoms with Crippen LogP contribution in [0, 0.1) is 5.82 Å². The molecule has 1 unspecified atom stereocenters. The summed E-state index contributed by atoms with van der Waals surface area (Å²) in [6, 6.07) is 9.48. The van der Waals surface area contributed by atoms with E-state index in [2.05, 4.69) is 10.3 Å². The Labute approximate surface area is 188 Å². The third kappa shape index (κ3) is 6.36. The lowest BCUT2D eigenvalue weighted by atomic mass is 10.2. The molecule has 0 aliphatic carbocycles. The van der Waals surface area contributed by atoms with Crippen molar-refractivity contribution in [3.8, 4) is 17.4 Å². The van der Waals surface area contributed by atoms with Gasteiger partial charge in [-0.15, -0.1) is 0 Å². The molecule has 0 fully saturated rings. The Bertz CT molecular complexity index is 1150. The van der Waals surface area contributed by atoms with Gasteiger partial charge in [-0.05, 0) is 61.5 Å². The first-order valence-corrected chi connectivity index (χ1v) is 9.48. The van der Waals surface area contributed by atoms with Gasteiger partial charge in [0.1, 0.15) is 11.5 Å². The lowest BCUT2D eigenvalue weighted by Gasteiger charge is -2.15. The van der Waals surface area contributed by atoms with Crippen LogP contribution in [0.4, 0.5) is 36.4 Å². The highest BCUT2D eigenvalue weighted by atomic mass is 19.4. The molecule has 3 aromatic rings. The summed E-state index contributed by atoms with van der Waals surface area (Å²) in [5, 5.41) is 2.42. The number of anilines is 1. The monoisotopic (exact) mass is 488 g/mol. The SMILES string of the molecule is CC(Oc1ccc(Oc2ncc(C(F)(F)F)cc2F)cc1)C(=O)Nc1ccc(C(F)(F)F)cc1. The van der Waals surface area contributed by atoms with Crippen LogP contribution in [0.15, 0.2) is 60.8 Å². The number of nitrogens with zero attached hydrogens (tertiary/aromatic N) is 1. The van der Waals surface area contributed by atoms with E-state index in [0.717, 1.165) is 24.3 Å². The number of hydrogen-bond acceptors (Lipinski definition) is 4. The van der Waals surface area contributed by atoms with Crippen LogP contribution in [-0.4, -0.2) is 17.0 Å². The van der Waals surface area contributed by atoms with Gasteiger partial charge < -0.3 is 14.8 Å². The van der Waals surface area contributed by atoms with E-state index in [4.69, 9.17) is 9.47 Å². The molecule has 1 atom stereocenters. The molecule has 1 amide bonds. The minimum atomic E-state index is -4.75. The summed E-state index contributed by atoms with van der Waals surface area (Å²) in [6.07, 6.45) is -9.85. The molecule has 12 heteroatoms. The number of halogens is 7. The van der Waals surface area contributed by atoms with E-state index in [1.807, 2.05) is 0 Å². The van der Waals surface area contributed by atoms with Crippen molar-refractivity contribution < 1.29 is 45.0 Å². The van der Waals surface area contributed by atoms with E-state index in [9.17, 15) is 35.5 Å². The van der Waals surface area contributed by atoms with Crippen molar-refractivity contribution in [2.45, 2.75) is 25.4 Å². The average Bonchev–Trinajstić information content (AvgIpc) is 2.75. The maximum absolute atomic E-state index is 13.9. The fourth-order valence-electron chi connectivity index (χ4n) is 2.60. The molecule has 0 bridgehead atoms. The first-order valence-electron chi connectivity index (χ1n) is 9.48. The lowest BCUT2D eigenvalue weighted by Crippen LogP contribution is -2.30. The number of pyridine rings is 1. The topological polar surface area (TPSA) is 60.5 Å². The molecule has 0 aliphatic heterocycles. The van der Waals surface area contributed by atoms with Crippen LogP contribution in [0.25, 0.3) is 0 Å². The third-order valence-corrected chi connectivity index (χ3v) is 4.33. The number of rotatable bonds is 6. The molecule has 0 radical (unpaired) electrons. The van der Waals surface area contributed by atoms with Crippen molar-refractivity contribution in [1.82, 2.24) is 4.98 Å². The van der Waals surface area contributed by atoms with Gasteiger partial charge in [0.15, 0.2) is 11.9 Å². The van der Waals surface area contributed by atoms with Gasteiger partial charge in [0.2, 0.25) is 0 Å². The standard InChI is InChI=1S/C22H15F7N2O3/c1-12(19(32)31-15-4-2-13(3-5-15)21(24,25)26)33-16-6-8-17(9-7-16)34-20-18(23)10-14(11-30-20)22(27,28)29/h2-12H,1H3,(H,31,32). The number of alkyl halides is 6. The minimum absolute atomic E-state index is 0.0420. The zero-order chi connectivity index (χ0) is 25.1. The summed E-state index contributed by atoms with van der Waals surface area (Å²) >= 11 is 0. The Morgan fingerprint density at radius 1 is 0.882 bits per heavy atom. The number of carbonyl (C=O) groups is 1. The summed E-state index contributed by atoms with van der Waals surface area (Å²) < 4.78 is 100.0. The van der Waals surface area contributed by atoms with Gasteiger partial charge in [-0.2, -0.15) is 26.3 Å². The number of carbonyl (C=O) groups excluding carboxylic acids is 1. The summed E-state index contributed by atoms with van der Waals surface area (Å²) in [7, 11) is 0. The van der Waals surface area contributed by atoms with Crippen molar-refractivity contribution in [3.63, 3.8) is 0 Å². The normalized spacial score (nSPS) is 12.7. The fraction of sp³-hybridized carbons (Fsp3) is 0.182. The molecule has 0 aliphatic rings. The highest BCUT2D eigenvalue weighted by molar-refractivity contribution is 5.94. The minimum Gasteiger partial charge on any atom is -0.481 e. The summed E-state index contributed by atoms with van der Waals surface area (Å²) in [5.41, 5.74) is -1.98. The van der Waals surface area contributed by atoms with Crippen LogP contribution in [0.3, 0.4) is 0 Å².